The van der Waals surface area contributed by atoms with Crippen molar-refractivity contribution >= 4 is 23.1 Å². The Morgan fingerprint density at radius 1 is 0.417 bits per heavy atom. The predicted molar refractivity (Wildman–Crippen MR) is 173 cm³/mol. The average Bonchev–Trinajstić information content (AvgIpc) is 3.01. The molecule has 4 N–H and O–H groups in total. The molecule has 0 saturated heterocycles. The van der Waals surface area contributed by atoms with Gasteiger partial charge in [-0.3, -0.25) is 19.2 Å². The summed E-state index contributed by atoms with van der Waals surface area (Å²) in [6.07, 6.45) is 1.34. The third-order valence-electron chi connectivity index (χ3n) is 6.95. The molecule has 258 valence electrons. The van der Waals surface area contributed by atoms with E-state index in [1.165, 1.54) is 55.4 Å². The summed E-state index contributed by atoms with van der Waals surface area (Å²) >= 11 is 2.12. The van der Waals surface area contributed by atoms with Gasteiger partial charge in [0.15, 0.2) is 23.1 Å². The topological polar surface area (TPSA) is 183 Å². The number of aliphatic hydroxyl groups is 4. The summed E-state index contributed by atoms with van der Waals surface area (Å²) in [5.74, 6) is -0.576. The fourth-order valence-electron chi connectivity index (χ4n) is 4.54. The Morgan fingerprint density at radius 3 is 0.708 bits per heavy atom. The maximum atomic E-state index is 11.5. The summed E-state index contributed by atoms with van der Waals surface area (Å²) in [7, 11) is 0. The van der Waals surface area contributed by atoms with Crippen molar-refractivity contribution in [3.63, 3.8) is 0 Å². The maximum absolute atomic E-state index is 11.5. The first-order valence-electron chi connectivity index (χ1n) is 14.5. The fraction of sp³-hybridized carbons (Fsp3) is 0.333. The third kappa shape index (κ3) is 17.3. The summed E-state index contributed by atoms with van der Waals surface area (Å²) in [5, 5.41) is 38.3. The van der Waals surface area contributed by atoms with Crippen molar-refractivity contribution < 1.29 is 81.7 Å². The molecular weight excluding hydrogens is 694 g/mol. The van der Waals surface area contributed by atoms with Crippen LogP contribution in [0.5, 0.6) is 0 Å². The zero-order valence-electron chi connectivity index (χ0n) is 28.6. The first-order valence-corrected chi connectivity index (χ1v) is 15.7. The van der Waals surface area contributed by atoms with Crippen LogP contribution in [0.2, 0.25) is 0 Å². The van der Waals surface area contributed by atoms with Gasteiger partial charge in [0.25, 0.3) is 0 Å². The van der Waals surface area contributed by atoms with Crippen molar-refractivity contribution in [2.45, 2.75) is 81.1 Å². The van der Waals surface area contributed by atoms with E-state index in [2.05, 4.69) is 0 Å². The molecule has 0 aliphatic heterocycles. The van der Waals surface area contributed by atoms with Crippen LogP contribution in [0.25, 0.3) is 0 Å². The van der Waals surface area contributed by atoms with Gasteiger partial charge in [0, 0.05) is 48.0 Å². The second kappa shape index (κ2) is 24.2. The van der Waals surface area contributed by atoms with Crippen LogP contribution in [0.1, 0.15) is 77.6 Å². The van der Waals surface area contributed by atoms with Crippen molar-refractivity contribution in [3.8, 4) is 0 Å². The SMILES string of the molecule is CC(=O)/C(Cc1cccc(C/C(C(C)=O)=C(\C)O)c1)=C(/C)O.CC(=O)/C(Cc1cccc(C/C(C(C)=O)=C(\C)O)c1)=C(/C)O.[O]=[V].[O]=[V]. The van der Waals surface area contributed by atoms with Gasteiger partial charge >= 0.3 is 42.1 Å². The van der Waals surface area contributed by atoms with Crippen molar-refractivity contribution in [2.75, 3.05) is 0 Å². The number of carbonyl (C=O) groups is 4. The van der Waals surface area contributed by atoms with E-state index in [0.717, 1.165) is 57.0 Å². The quantitative estimate of drug-likeness (QED) is 0.131. The second-order valence-electron chi connectivity index (χ2n) is 10.8. The van der Waals surface area contributed by atoms with Crippen LogP contribution >= 0.6 is 0 Å². The average molecular weight is 739 g/mol. The van der Waals surface area contributed by atoms with Gasteiger partial charge in [0.2, 0.25) is 0 Å². The van der Waals surface area contributed by atoms with Crippen LogP contribution < -0.4 is 0 Å². The molecule has 0 fully saturated rings. The van der Waals surface area contributed by atoms with Crippen LogP contribution in [0, 0.1) is 0 Å². The molecule has 2 aromatic carbocycles. The van der Waals surface area contributed by atoms with Crippen LogP contribution in [0.3, 0.4) is 0 Å². The van der Waals surface area contributed by atoms with Crippen LogP contribution in [0.15, 0.2) is 93.9 Å². The summed E-state index contributed by atoms with van der Waals surface area (Å²) in [6.45, 7) is 11.7. The van der Waals surface area contributed by atoms with Gasteiger partial charge in [-0.2, -0.15) is 0 Å². The van der Waals surface area contributed by atoms with Crippen molar-refractivity contribution in [1.82, 2.24) is 0 Å². The minimum atomic E-state index is -0.166. The number of Topliss-reactive ketones (excluding diaryl/α,β-unsaturated/α-hetero) is 4. The molecule has 0 unspecified atom stereocenters. The molecule has 0 aliphatic rings. The molecule has 0 atom stereocenters. The van der Waals surface area contributed by atoms with Gasteiger partial charge in [-0.1, -0.05) is 48.5 Å². The first kappa shape index (κ1) is 46.2. The zero-order valence-corrected chi connectivity index (χ0v) is 31.4. The number of benzene rings is 2. The molecule has 2 rings (SSSR count). The number of ketones is 4. The summed E-state index contributed by atoms with van der Waals surface area (Å²) in [5.41, 5.74) is 4.97. The van der Waals surface area contributed by atoms with Gasteiger partial charge in [-0.25, -0.2) is 0 Å². The van der Waals surface area contributed by atoms with Gasteiger partial charge in [0.1, 0.15) is 0 Å². The third-order valence-corrected chi connectivity index (χ3v) is 6.95. The van der Waals surface area contributed by atoms with Crippen LogP contribution in [-0.2, 0) is 86.9 Å². The Balaban J connectivity index is 0. The Hall–Kier alpha value is -3.95. The van der Waals surface area contributed by atoms with E-state index in [9.17, 15) is 39.6 Å². The van der Waals surface area contributed by atoms with Gasteiger partial charge < -0.3 is 20.4 Å². The monoisotopic (exact) mass is 738 g/mol. The molecule has 0 saturated carbocycles. The Bertz CT molecular complexity index is 1340. The summed E-state index contributed by atoms with van der Waals surface area (Å²) in [4.78, 5) is 46.1. The molecule has 0 radical (unpaired) electrons. The number of hydrogen-bond acceptors (Lipinski definition) is 10. The molecule has 10 nitrogen and oxygen atoms in total. The van der Waals surface area contributed by atoms with E-state index in [-0.39, 0.29) is 46.2 Å². The fourth-order valence-corrected chi connectivity index (χ4v) is 4.54. The normalized spacial score (nSPS) is 12.3. The molecule has 0 heterocycles. The first-order chi connectivity index (χ1) is 22.4. The number of aliphatic hydroxyl groups excluding tert-OH is 4. The number of rotatable bonds is 12. The predicted octanol–water partition coefficient (Wildman–Crippen LogP) is 6.98. The van der Waals surface area contributed by atoms with Gasteiger partial charge in [-0.15, -0.1) is 0 Å². The van der Waals surface area contributed by atoms with Crippen LogP contribution in [-0.4, -0.2) is 43.6 Å². The van der Waals surface area contributed by atoms with E-state index in [1.807, 2.05) is 48.5 Å². The van der Waals surface area contributed by atoms with Crippen molar-refractivity contribution in [3.05, 3.63) is 116 Å². The Labute approximate surface area is 300 Å². The Kier molecular flexibility index (Phi) is 23.3. The van der Waals surface area contributed by atoms with E-state index in [4.69, 9.17) is 7.35 Å². The number of carbonyl (C=O) groups excluding carboxylic acids is 4. The molecule has 2 aromatic rings. The number of allylic oxidation sites excluding steroid dienone is 8. The molecule has 0 aromatic heterocycles. The van der Waals surface area contributed by atoms with Gasteiger partial charge in [0.05, 0.1) is 23.0 Å². The van der Waals surface area contributed by atoms with Crippen molar-refractivity contribution in [2.24, 2.45) is 0 Å². The minimum absolute atomic E-state index is 0.0217. The Morgan fingerprint density at radius 2 is 0.583 bits per heavy atom. The summed E-state index contributed by atoms with van der Waals surface area (Å²) < 4.78 is 16.4. The van der Waals surface area contributed by atoms with Crippen LogP contribution in [0.4, 0.5) is 0 Å². The van der Waals surface area contributed by atoms with E-state index in [0.29, 0.717) is 48.0 Å². The number of hydrogen-bond donors (Lipinski definition) is 4. The summed E-state index contributed by atoms with van der Waals surface area (Å²) in [6, 6.07) is 14.8. The molecule has 48 heavy (non-hydrogen) atoms. The second-order valence-corrected chi connectivity index (χ2v) is 10.8. The molecule has 0 amide bonds. The standard InChI is InChI=1S/2C18H22O4.2O.2V/c2*1-11(19)17(12(2)20)9-15-6-5-7-16(8-15)10-18(13(3)21)14(4)22;;;;/h2*5-8,19,21H,9-10H2,1-4H3;;;;/b2*17-11-,18-13-;;;;. The molecular formula is C36H44O10V2. The van der Waals surface area contributed by atoms with E-state index >= 15 is 0 Å². The molecule has 0 bridgehead atoms. The van der Waals surface area contributed by atoms with Gasteiger partial charge in [-0.05, 0) is 77.6 Å². The molecule has 12 heteroatoms. The molecule has 0 aliphatic carbocycles. The van der Waals surface area contributed by atoms with Crippen molar-refractivity contribution in [1.29, 1.82) is 0 Å². The van der Waals surface area contributed by atoms with E-state index < -0.39 is 0 Å². The molecule has 0 spiro atoms. The van der Waals surface area contributed by atoms with E-state index in [1.54, 1.807) is 0 Å². The zero-order chi connectivity index (χ0) is 37.7.